The van der Waals surface area contributed by atoms with Gasteiger partial charge in [0.15, 0.2) is 0 Å². The molecule has 1 unspecified atom stereocenters. The summed E-state index contributed by atoms with van der Waals surface area (Å²) < 4.78 is 34.6. The molecule has 0 aliphatic heterocycles. The molecule has 0 aliphatic rings. The molecule has 1 nitrogen and oxygen atoms in total. The molecule has 124 valence electrons. The van der Waals surface area contributed by atoms with Crippen LogP contribution in [0, 0.1) is 11.2 Å². The molecule has 23 heavy (non-hydrogen) atoms. The number of halogens is 2. The first-order valence-corrected chi connectivity index (χ1v) is 7.88. The third-order valence-electron chi connectivity index (χ3n) is 4.02. The predicted molar refractivity (Wildman–Crippen MR) is 91.1 cm³/mol. The standard InChI is InChI=1S/C20H24F2O/c1-6-13-7-9-15(17(11-13)19(22)20(2,3)4)16-12-14(23-5)8-10-18(16)21/h7-12,19H,6H2,1-5H3. The minimum absolute atomic E-state index is 0.369. The summed E-state index contributed by atoms with van der Waals surface area (Å²) in [4.78, 5) is 0. The lowest BCUT2D eigenvalue weighted by molar-refractivity contribution is 0.165. The molecule has 0 aliphatic carbocycles. The normalized spacial score (nSPS) is 13.0. The molecule has 2 rings (SSSR count). The van der Waals surface area contributed by atoms with Gasteiger partial charge in [-0.1, -0.05) is 45.9 Å². The van der Waals surface area contributed by atoms with Crippen LogP contribution in [0.2, 0.25) is 0 Å². The van der Waals surface area contributed by atoms with Gasteiger partial charge in [0.25, 0.3) is 0 Å². The summed E-state index contributed by atoms with van der Waals surface area (Å²) in [5.41, 5.74) is 1.97. The van der Waals surface area contributed by atoms with Gasteiger partial charge in [-0.2, -0.15) is 0 Å². The van der Waals surface area contributed by atoms with Crippen LogP contribution in [0.3, 0.4) is 0 Å². The average Bonchev–Trinajstić information content (AvgIpc) is 2.53. The SMILES string of the molecule is CCc1ccc(-c2cc(OC)ccc2F)c(C(F)C(C)(C)C)c1. The molecule has 1 atom stereocenters. The Hall–Kier alpha value is -1.90. The van der Waals surface area contributed by atoms with Crippen molar-refractivity contribution in [1.82, 2.24) is 0 Å². The zero-order chi connectivity index (χ0) is 17.2. The van der Waals surface area contributed by atoms with Gasteiger partial charge in [0, 0.05) is 5.56 Å². The molecule has 0 saturated heterocycles. The number of aryl methyl sites for hydroxylation is 1. The van der Waals surface area contributed by atoms with Crippen LogP contribution < -0.4 is 4.74 Å². The van der Waals surface area contributed by atoms with Crippen molar-refractivity contribution in [2.24, 2.45) is 5.41 Å². The number of hydrogen-bond acceptors (Lipinski definition) is 1. The van der Waals surface area contributed by atoms with Gasteiger partial charge in [0.1, 0.15) is 17.7 Å². The number of benzene rings is 2. The maximum absolute atomic E-state index is 15.1. The van der Waals surface area contributed by atoms with E-state index in [0.29, 0.717) is 22.4 Å². The van der Waals surface area contributed by atoms with Crippen molar-refractivity contribution in [1.29, 1.82) is 0 Å². The van der Waals surface area contributed by atoms with Crippen molar-refractivity contribution in [3.05, 3.63) is 53.3 Å². The van der Waals surface area contributed by atoms with Gasteiger partial charge in [0.2, 0.25) is 0 Å². The van der Waals surface area contributed by atoms with Gasteiger partial charge in [-0.25, -0.2) is 8.78 Å². The molecule has 0 heterocycles. The van der Waals surface area contributed by atoms with Crippen molar-refractivity contribution >= 4 is 0 Å². The van der Waals surface area contributed by atoms with Crippen molar-refractivity contribution < 1.29 is 13.5 Å². The number of alkyl halides is 1. The lowest BCUT2D eigenvalue weighted by atomic mass is 9.82. The van der Waals surface area contributed by atoms with Crippen molar-refractivity contribution in [3.63, 3.8) is 0 Å². The Balaban J connectivity index is 2.67. The van der Waals surface area contributed by atoms with E-state index in [1.807, 2.05) is 45.9 Å². The second-order valence-electron chi connectivity index (χ2n) is 6.85. The molecule has 0 radical (unpaired) electrons. The summed E-state index contributed by atoms with van der Waals surface area (Å²) in [6, 6.07) is 10.1. The second-order valence-corrected chi connectivity index (χ2v) is 6.85. The highest BCUT2D eigenvalue weighted by Gasteiger charge is 2.29. The van der Waals surface area contributed by atoms with Crippen LogP contribution in [-0.4, -0.2) is 7.11 Å². The maximum Gasteiger partial charge on any atom is 0.131 e. The van der Waals surface area contributed by atoms with E-state index in [1.54, 1.807) is 12.1 Å². The van der Waals surface area contributed by atoms with E-state index in [2.05, 4.69) is 0 Å². The highest BCUT2D eigenvalue weighted by molar-refractivity contribution is 5.70. The molecule has 0 spiro atoms. The van der Waals surface area contributed by atoms with Gasteiger partial charge in [-0.05, 0) is 46.7 Å². The number of rotatable bonds is 4. The first kappa shape index (κ1) is 17.5. The minimum atomic E-state index is -1.19. The maximum atomic E-state index is 15.1. The molecule has 0 bridgehead atoms. The topological polar surface area (TPSA) is 9.23 Å². The third-order valence-corrected chi connectivity index (χ3v) is 4.02. The molecular weight excluding hydrogens is 294 g/mol. The Morgan fingerprint density at radius 3 is 2.30 bits per heavy atom. The fourth-order valence-electron chi connectivity index (χ4n) is 2.59. The lowest BCUT2D eigenvalue weighted by Crippen LogP contribution is -2.15. The third kappa shape index (κ3) is 3.72. The molecule has 0 fully saturated rings. The smallest absolute Gasteiger partial charge is 0.131 e. The van der Waals surface area contributed by atoms with Gasteiger partial charge < -0.3 is 4.74 Å². The zero-order valence-corrected chi connectivity index (χ0v) is 14.4. The van der Waals surface area contributed by atoms with E-state index in [-0.39, 0.29) is 5.82 Å². The van der Waals surface area contributed by atoms with E-state index < -0.39 is 11.6 Å². The zero-order valence-electron chi connectivity index (χ0n) is 14.4. The first-order chi connectivity index (χ1) is 10.8. The van der Waals surface area contributed by atoms with Crippen LogP contribution in [0.5, 0.6) is 5.75 Å². The van der Waals surface area contributed by atoms with Gasteiger partial charge in [-0.3, -0.25) is 0 Å². The Bertz CT molecular complexity index is 687. The number of hydrogen-bond donors (Lipinski definition) is 0. The Labute approximate surface area is 137 Å². The highest BCUT2D eigenvalue weighted by atomic mass is 19.1. The summed E-state index contributed by atoms with van der Waals surface area (Å²) in [7, 11) is 1.53. The summed E-state index contributed by atoms with van der Waals surface area (Å²) in [6.45, 7) is 7.57. The monoisotopic (exact) mass is 318 g/mol. The van der Waals surface area contributed by atoms with Gasteiger partial charge in [-0.15, -0.1) is 0 Å². The van der Waals surface area contributed by atoms with E-state index in [1.165, 1.54) is 13.2 Å². The molecular formula is C20H24F2O. The molecule has 0 N–H and O–H groups in total. The summed E-state index contributed by atoms with van der Waals surface area (Å²) in [5, 5.41) is 0. The van der Waals surface area contributed by atoms with Crippen LogP contribution >= 0.6 is 0 Å². The first-order valence-electron chi connectivity index (χ1n) is 7.88. The molecule has 0 aromatic heterocycles. The molecule has 2 aromatic rings. The Morgan fingerprint density at radius 2 is 1.74 bits per heavy atom. The second kappa shape index (κ2) is 6.69. The fourth-order valence-corrected chi connectivity index (χ4v) is 2.59. The highest BCUT2D eigenvalue weighted by Crippen LogP contribution is 2.42. The lowest BCUT2D eigenvalue weighted by Gasteiger charge is -2.26. The number of ether oxygens (including phenoxy) is 1. The molecule has 3 heteroatoms. The van der Waals surface area contributed by atoms with Crippen molar-refractivity contribution in [2.75, 3.05) is 7.11 Å². The van der Waals surface area contributed by atoms with Crippen LogP contribution in [0.1, 0.15) is 45.0 Å². The fraction of sp³-hybridized carbons (Fsp3) is 0.400. The predicted octanol–water partition coefficient (Wildman–Crippen LogP) is 6.12. The Kier molecular flexibility index (Phi) is 5.08. The van der Waals surface area contributed by atoms with E-state index in [9.17, 15) is 4.39 Å². The Morgan fingerprint density at radius 1 is 1.04 bits per heavy atom. The summed E-state index contributed by atoms with van der Waals surface area (Å²) in [5.74, 6) is 0.176. The summed E-state index contributed by atoms with van der Waals surface area (Å²) in [6.07, 6.45) is -0.375. The van der Waals surface area contributed by atoms with Gasteiger partial charge in [0.05, 0.1) is 7.11 Å². The largest absolute Gasteiger partial charge is 0.497 e. The van der Waals surface area contributed by atoms with Gasteiger partial charge >= 0.3 is 0 Å². The van der Waals surface area contributed by atoms with E-state index >= 15 is 4.39 Å². The van der Waals surface area contributed by atoms with Crippen LogP contribution in [-0.2, 0) is 6.42 Å². The van der Waals surface area contributed by atoms with E-state index in [0.717, 1.165) is 12.0 Å². The van der Waals surface area contributed by atoms with E-state index in [4.69, 9.17) is 4.74 Å². The average molecular weight is 318 g/mol. The van der Waals surface area contributed by atoms with Crippen molar-refractivity contribution in [2.45, 2.75) is 40.3 Å². The van der Waals surface area contributed by atoms with Crippen molar-refractivity contribution in [3.8, 4) is 16.9 Å². The van der Waals surface area contributed by atoms with Crippen LogP contribution in [0.25, 0.3) is 11.1 Å². The minimum Gasteiger partial charge on any atom is -0.497 e. The number of methoxy groups -OCH3 is 1. The molecule has 0 amide bonds. The molecule has 2 aromatic carbocycles. The molecule has 0 saturated carbocycles. The quantitative estimate of drug-likeness (QED) is 0.660. The van der Waals surface area contributed by atoms with Crippen LogP contribution in [0.4, 0.5) is 8.78 Å². The summed E-state index contributed by atoms with van der Waals surface area (Å²) >= 11 is 0. The van der Waals surface area contributed by atoms with Crippen LogP contribution in [0.15, 0.2) is 36.4 Å².